The van der Waals surface area contributed by atoms with Crippen molar-refractivity contribution in [3.63, 3.8) is 0 Å². The molecule has 0 saturated heterocycles. The Kier molecular flexibility index (Phi) is 5.39. The van der Waals surface area contributed by atoms with E-state index in [0.717, 1.165) is 11.4 Å². The molecule has 0 radical (unpaired) electrons. The summed E-state index contributed by atoms with van der Waals surface area (Å²) in [5.41, 5.74) is 5.94. The molecule has 0 unspecified atom stereocenters. The zero-order chi connectivity index (χ0) is 26.5. The van der Waals surface area contributed by atoms with Crippen LogP contribution < -0.4 is 4.90 Å². The number of hydrogen-bond donors (Lipinski definition) is 0. The van der Waals surface area contributed by atoms with Crippen molar-refractivity contribution in [2.45, 2.75) is 0 Å². The standard InChI is InChI=1S/C38H25NS/c1-2-14-30(15-3-1)39(31-22-23-34-33-16-6-7-19-36(33)40-37(34)25-31)35-18-9-13-27-12-8-17-32(38(27)35)29-21-20-26-10-4-5-11-28(26)24-29/h1-25H. The largest absolute Gasteiger partial charge is 0.310 e. The van der Waals surface area contributed by atoms with Gasteiger partial charge in [-0.05, 0) is 69.8 Å². The summed E-state index contributed by atoms with van der Waals surface area (Å²) in [5.74, 6) is 0. The van der Waals surface area contributed by atoms with E-state index in [9.17, 15) is 0 Å². The molecule has 0 amide bonds. The number of thiophene rings is 1. The van der Waals surface area contributed by atoms with E-state index in [0.29, 0.717) is 0 Å². The lowest BCUT2D eigenvalue weighted by Gasteiger charge is -2.28. The number of anilines is 3. The molecule has 188 valence electrons. The Labute approximate surface area is 237 Å². The van der Waals surface area contributed by atoms with E-state index in [1.54, 1.807) is 0 Å². The van der Waals surface area contributed by atoms with Gasteiger partial charge in [-0.15, -0.1) is 11.3 Å². The Morgan fingerprint density at radius 2 is 1.15 bits per heavy atom. The third-order valence-corrected chi connectivity index (χ3v) is 8.95. The van der Waals surface area contributed by atoms with Crippen LogP contribution in [0.5, 0.6) is 0 Å². The van der Waals surface area contributed by atoms with E-state index in [1.165, 1.54) is 58.5 Å². The van der Waals surface area contributed by atoms with Crippen molar-refractivity contribution in [3.8, 4) is 11.1 Å². The molecule has 0 bridgehead atoms. The maximum atomic E-state index is 2.41. The van der Waals surface area contributed by atoms with Crippen molar-refractivity contribution < 1.29 is 0 Å². The highest BCUT2D eigenvalue weighted by atomic mass is 32.1. The Morgan fingerprint density at radius 3 is 2.05 bits per heavy atom. The van der Waals surface area contributed by atoms with Crippen LogP contribution in [0.3, 0.4) is 0 Å². The summed E-state index contributed by atoms with van der Waals surface area (Å²) in [6.07, 6.45) is 0. The molecule has 0 N–H and O–H groups in total. The number of nitrogens with zero attached hydrogens (tertiary/aromatic N) is 1. The molecule has 8 rings (SSSR count). The van der Waals surface area contributed by atoms with Gasteiger partial charge in [-0.3, -0.25) is 0 Å². The predicted molar refractivity (Wildman–Crippen MR) is 174 cm³/mol. The molecular weight excluding hydrogens is 502 g/mol. The zero-order valence-electron chi connectivity index (χ0n) is 21.8. The van der Waals surface area contributed by atoms with Crippen LogP contribution in [0.15, 0.2) is 152 Å². The maximum Gasteiger partial charge on any atom is 0.0546 e. The van der Waals surface area contributed by atoms with Crippen molar-refractivity contribution in [2.24, 2.45) is 0 Å². The highest BCUT2D eigenvalue weighted by Crippen LogP contribution is 2.45. The molecular formula is C38H25NS. The van der Waals surface area contributed by atoms with Gasteiger partial charge in [0.25, 0.3) is 0 Å². The summed E-state index contributed by atoms with van der Waals surface area (Å²) >= 11 is 1.86. The van der Waals surface area contributed by atoms with E-state index in [-0.39, 0.29) is 0 Å². The Morgan fingerprint density at radius 1 is 0.425 bits per heavy atom. The molecule has 1 heterocycles. The summed E-state index contributed by atoms with van der Waals surface area (Å²) in [5, 5.41) is 7.63. The number of rotatable bonds is 4. The van der Waals surface area contributed by atoms with Crippen LogP contribution in [0.1, 0.15) is 0 Å². The number of fused-ring (bicyclic) bond motifs is 5. The predicted octanol–water partition coefficient (Wildman–Crippen LogP) is 11.5. The van der Waals surface area contributed by atoms with E-state index in [1.807, 2.05) is 11.3 Å². The van der Waals surface area contributed by atoms with Crippen LogP contribution in [0, 0.1) is 0 Å². The van der Waals surface area contributed by atoms with Gasteiger partial charge in [-0.25, -0.2) is 0 Å². The van der Waals surface area contributed by atoms with Crippen molar-refractivity contribution >= 4 is 70.1 Å². The minimum atomic E-state index is 1.14. The second kappa shape index (κ2) is 9.37. The van der Waals surface area contributed by atoms with E-state index in [2.05, 4.69) is 157 Å². The van der Waals surface area contributed by atoms with E-state index in [4.69, 9.17) is 0 Å². The van der Waals surface area contributed by atoms with Gasteiger partial charge >= 0.3 is 0 Å². The first-order valence-corrected chi connectivity index (χ1v) is 14.4. The van der Waals surface area contributed by atoms with Gasteiger partial charge in [0.15, 0.2) is 0 Å². The lowest BCUT2D eigenvalue weighted by atomic mass is 9.94. The first-order valence-electron chi connectivity index (χ1n) is 13.6. The summed E-state index contributed by atoms with van der Waals surface area (Å²) in [4.78, 5) is 2.41. The third-order valence-electron chi connectivity index (χ3n) is 7.82. The summed E-state index contributed by atoms with van der Waals surface area (Å²) in [7, 11) is 0. The minimum absolute atomic E-state index is 1.14. The molecule has 1 nitrogen and oxygen atoms in total. The normalized spacial score (nSPS) is 11.5. The smallest absolute Gasteiger partial charge is 0.0546 e. The van der Waals surface area contributed by atoms with E-state index >= 15 is 0 Å². The summed E-state index contributed by atoms with van der Waals surface area (Å²) < 4.78 is 2.62. The lowest BCUT2D eigenvalue weighted by Crippen LogP contribution is -2.10. The average Bonchev–Trinajstić information content (AvgIpc) is 3.39. The molecule has 0 spiro atoms. The molecule has 1 aromatic heterocycles. The average molecular weight is 528 g/mol. The third kappa shape index (κ3) is 3.77. The Balaban J connectivity index is 1.39. The molecule has 0 aliphatic heterocycles. The highest BCUT2D eigenvalue weighted by molar-refractivity contribution is 7.25. The molecule has 40 heavy (non-hydrogen) atoms. The zero-order valence-corrected chi connectivity index (χ0v) is 22.6. The number of para-hydroxylation sites is 1. The molecule has 2 heteroatoms. The van der Waals surface area contributed by atoms with Gasteiger partial charge in [0.05, 0.1) is 5.69 Å². The van der Waals surface area contributed by atoms with Crippen LogP contribution in [0.4, 0.5) is 17.1 Å². The van der Waals surface area contributed by atoms with Crippen molar-refractivity contribution in [1.29, 1.82) is 0 Å². The quantitative estimate of drug-likeness (QED) is 0.220. The van der Waals surface area contributed by atoms with Gasteiger partial charge < -0.3 is 4.90 Å². The SMILES string of the molecule is c1ccc(N(c2ccc3c(c2)sc2ccccc23)c2cccc3cccc(-c4ccc5ccccc5c4)c23)cc1. The first kappa shape index (κ1) is 23.0. The maximum absolute atomic E-state index is 2.41. The van der Waals surface area contributed by atoms with Crippen LogP contribution in [-0.4, -0.2) is 0 Å². The fourth-order valence-corrected chi connectivity index (χ4v) is 7.10. The Bertz CT molecular complexity index is 2170. The molecule has 0 aliphatic carbocycles. The highest BCUT2D eigenvalue weighted by Gasteiger charge is 2.19. The van der Waals surface area contributed by atoms with Crippen LogP contribution in [0.25, 0.3) is 52.8 Å². The molecule has 0 fully saturated rings. The van der Waals surface area contributed by atoms with Gasteiger partial charge in [0.2, 0.25) is 0 Å². The second-order valence-corrected chi connectivity index (χ2v) is 11.3. The molecule has 7 aromatic carbocycles. The molecule has 8 aromatic rings. The summed E-state index contributed by atoms with van der Waals surface area (Å²) in [6, 6.07) is 55.0. The lowest BCUT2D eigenvalue weighted by molar-refractivity contribution is 1.30. The van der Waals surface area contributed by atoms with Crippen LogP contribution in [0.2, 0.25) is 0 Å². The molecule has 0 aliphatic rings. The van der Waals surface area contributed by atoms with Crippen molar-refractivity contribution in [2.75, 3.05) is 4.90 Å². The van der Waals surface area contributed by atoms with E-state index < -0.39 is 0 Å². The minimum Gasteiger partial charge on any atom is -0.310 e. The number of benzene rings is 7. The van der Waals surface area contributed by atoms with Crippen LogP contribution in [-0.2, 0) is 0 Å². The second-order valence-electron chi connectivity index (χ2n) is 10.2. The van der Waals surface area contributed by atoms with Gasteiger partial charge in [0, 0.05) is 36.9 Å². The fourth-order valence-electron chi connectivity index (χ4n) is 5.96. The van der Waals surface area contributed by atoms with Gasteiger partial charge in [-0.2, -0.15) is 0 Å². The van der Waals surface area contributed by atoms with Crippen molar-refractivity contribution in [3.05, 3.63) is 152 Å². The van der Waals surface area contributed by atoms with Gasteiger partial charge in [-0.1, -0.05) is 109 Å². The summed E-state index contributed by atoms with van der Waals surface area (Å²) in [6.45, 7) is 0. The monoisotopic (exact) mass is 527 g/mol. The van der Waals surface area contributed by atoms with Crippen LogP contribution >= 0.6 is 11.3 Å². The van der Waals surface area contributed by atoms with Gasteiger partial charge in [0.1, 0.15) is 0 Å². The molecule has 0 saturated carbocycles. The fraction of sp³-hybridized carbons (Fsp3) is 0. The number of hydrogen-bond acceptors (Lipinski definition) is 2. The van der Waals surface area contributed by atoms with Crippen molar-refractivity contribution in [1.82, 2.24) is 0 Å². The molecule has 0 atom stereocenters. The Hall–Kier alpha value is -4.92. The topological polar surface area (TPSA) is 3.24 Å². The first-order chi connectivity index (χ1) is 19.8.